The van der Waals surface area contributed by atoms with Gasteiger partial charge in [-0.15, -0.1) is 11.3 Å². The van der Waals surface area contributed by atoms with Crippen molar-refractivity contribution in [1.29, 1.82) is 0 Å². The lowest BCUT2D eigenvalue weighted by atomic mass is 10.0. The first kappa shape index (κ1) is 16.6. The molecule has 0 unspecified atom stereocenters. The average Bonchev–Trinajstić information content (AvgIpc) is 2.89. The van der Waals surface area contributed by atoms with Gasteiger partial charge in [-0.05, 0) is 25.3 Å². The summed E-state index contributed by atoms with van der Waals surface area (Å²) in [4.78, 5) is 43.3. The van der Waals surface area contributed by atoms with Crippen LogP contribution in [-0.2, 0) is 11.8 Å². The molecule has 0 aliphatic carbocycles. The molecule has 1 N–H and O–H groups in total. The van der Waals surface area contributed by atoms with E-state index in [4.69, 9.17) is 0 Å². The van der Waals surface area contributed by atoms with Crippen LogP contribution in [0.25, 0.3) is 10.2 Å². The highest BCUT2D eigenvalue weighted by Gasteiger charge is 2.25. The predicted molar refractivity (Wildman–Crippen MR) is 92.3 cm³/mol. The third kappa shape index (κ3) is 2.93. The number of aryl methyl sites for hydroxylation is 2. The maximum Gasteiger partial charge on any atom is 0.262 e. The molecule has 0 radical (unpaired) electrons. The molecule has 8 heteroatoms. The van der Waals surface area contributed by atoms with Gasteiger partial charge in [0.05, 0.1) is 16.6 Å². The second-order valence-corrected chi connectivity index (χ2v) is 7.15. The summed E-state index contributed by atoms with van der Waals surface area (Å²) < 4.78 is 1.42. The summed E-state index contributed by atoms with van der Waals surface area (Å²) in [5, 5.41) is 3.54. The van der Waals surface area contributed by atoms with E-state index in [0.717, 1.165) is 12.8 Å². The van der Waals surface area contributed by atoms with Gasteiger partial charge < -0.3 is 14.8 Å². The van der Waals surface area contributed by atoms with Crippen molar-refractivity contribution in [3.05, 3.63) is 27.1 Å². The van der Waals surface area contributed by atoms with Crippen LogP contribution in [0.15, 0.2) is 11.1 Å². The maximum atomic E-state index is 12.6. The van der Waals surface area contributed by atoms with E-state index < -0.39 is 0 Å². The Kier molecular flexibility index (Phi) is 4.40. The molecule has 3 heterocycles. The number of carbonyl (C=O) groups is 2. The Hall–Kier alpha value is -2.22. The smallest absolute Gasteiger partial charge is 0.262 e. The molecule has 0 aromatic carbocycles. The Labute approximate surface area is 143 Å². The minimum absolute atomic E-state index is 0.0495. The minimum atomic E-state index is -0.168. The molecule has 1 aliphatic rings. The van der Waals surface area contributed by atoms with Crippen molar-refractivity contribution in [3.8, 4) is 0 Å². The van der Waals surface area contributed by atoms with Crippen molar-refractivity contribution >= 4 is 33.4 Å². The molecule has 2 aromatic heterocycles. The van der Waals surface area contributed by atoms with Crippen molar-refractivity contribution in [2.24, 2.45) is 7.05 Å². The summed E-state index contributed by atoms with van der Waals surface area (Å²) in [5.41, 5.74) is 0.546. The van der Waals surface area contributed by atoms with Gasteiger partial charge in [0.1, 0.15) is 4.83 Å². The van der Waals surface area contributed by atoms with Gasteiger partial charge in [-0.25, -0.2) is 4.98 Å². The van der Waals surface area contributed by atoms with Gasteiger partial charge in [0.2, 0.25) is 5.91 Å². The van der Waals surface area contributed by atoms with E-state index >= 15 is 0 Å². The predicted octanol–water partition coefficient (Wildman–Crippen LogP) is 1.04. The highest BCUT2D eigenvalue weighted by molar-refractivity contribution is 7.20. The van der Waals surface area contributed by atoms with Gasteiger partial charge >= 0.3 is 0 Å². The highest BCUT2D eigenvalue weighted by Crippen LogP contribution is 2.27. The lowest BCUT2D eigenvalue weighted by Crippen LogP contribution is -2.45. The molecule has 2 amide bonds. The minimum Gasteiger partial charge on any atom is -0.348 e. The Morgan fingerprint density at radius 3 is 2.62 bits per heavy atom. The third-order valence-corrected chi connectivity index (χ3v) is 5.69. The van der Waals surface area contributed by atoms with Gasteiger partial charge in [0, 0.05) is 33.1 Å². The summed E-state index contributed by atoms with van der Waals surface area (Å²) in [5.74, 6) is -0.0964. The van der Waals surface area contributed by atoms with Crippen LogP contribution >= 0.6 is 11.3 Å². The van der Waals surface area contributed by atoms with E-state index in [9.17, 15) is 14.4 Å². The molecule has 3 rings (SSSR count). The second-order valence-electron chi connectivity index (χ2n) is 6.15. The van der Waals surface area contributed by atoms with Crippen LogP contribution in [0.3, 0.4) is 0 Å². The van der Waals surface area contributed by atoms with Gasteiger partial charge in [-0.1, -0.05) is 0 Å². The number of likely N-dealkylation sites (tertiary alicyclic amines) is 1. The van der Waals surface area contributed by atoms with E-state index in [0.29, 0.717) is 33.7 Å². The normalized spacial score (nSPS) is 15.7. The molecule has 1 fully saturated rings. The summed E-state index contributed by atoms with van der Waals surface area (Å²) >= 11 is 1.25. The van der Waals surface area contributed by atoms with Gasteiger partial charge in [-0.3, -0.25) is 14.4 Å². The molecular formula is C16H20N4O3S. The first-order valence-electron chi connectivity index (χ1n) is 7.89. The number of thiophene rings is 1. The van der Waals surface area contributed by atoms with Crippen molar-refractivity contribution < 1.29 is 9.59 Å². The van der Waals surface area contributed by atoms with E-state index in [-0.39, 0.29) is 23.4 Å². The molecule has 0 spiro atoms. The average molecular weight is 348 g/mol. The van der Waals surface area contributed by atoms with Crippen LogP contribution in [0.2, 0.25) is 0 Å². The summed E-state index contributed by atoms with van der Waals surface area (Å²) in [7, 11) is 1.65. The van der Waals surface area contributed by atoms with Crippen LogP contribution in [-0.4, -0.2) is 45.4 Å². The molecule has 128 valence electrons. The number of nitrogens with one attached hydrogen (secondary N) is 1. The van der Waals surface area contributed by atoms with Crippen LogP contribution in [0, 0.1) is 6.92 Å². The van der Waals surface area contributed by atoms with Gasteiger partial charge in [0.25, 0.3) is 11.5 Å². The molecular weight excluding hydrogens is 328 g/mol. The number of carbonyl (C=O) groups excluding carboxylic acids is 2. The molecule has 0 bridgehead atoms. The van der Waals surface area contributed by atoms with E-state index in [1.807, 2.05) is 0 Å². The summed E-state index contributed by atoms with van der Waals surface area (Å²) in [6.45, 7) is 4.67. The first-order valence-corrected chi connectivity index (χ1v) is 8.71. The van der Waals surface area contributed by atoms with Crippen molar-refractivity contribution in [3.63, 3.8) is 0 Å². The number of hydrogen-bond acceptors (Lipinski definition) is 5. The van der Waals surface area contributed by atoms with E-state index in [1.165, 1.54) is 22.2 Å². The van der Waals surface area contributed by atoms with Crippen LogP contribution < -0.4 is 10.9 Å². The molecule has 1 saturated heterocycles. The highest BCUT2D eigenvalue weighted by atomic mass is 32.1. The third-order valence-electron chi connectivity index (χ3n) is 4.49. The van der Waals surface area contributed by atoms with Crippen molar-refractivity contribution in [2.45, 2.75) is 32.7 Å². The maximum absolute atomic E-state index is 12.6. The van der Waals surface area contributed by atoms with E-state index in [2.05, 4.69) is 10.3 Å². The Morgan fingerprint density at radius 1 is 1.33 bits per heavy atom. The first-order chi connectivity index (χ1) is 11.4. The number of hydrogen-bond donors (Lipinski definition) is 1. The zero-order chi connectivity index (χ0) is 17.4. The number of amides is 2. The fourth-order valence-corrected chi connectivity index (χ4v) is 4.06. The zero-order valence-electron chi connectivity index (χ0n) is 14.0. The fraction of sp³-hybridized carbons (Fsp3) is 0.500. The van der Waals surface area contributed by atoms with Crippen molar-refractivity contribution in [1.82, 2.24) is 19.8 Å². The standard InChI is InChI=1S/C16H20N4O3S/c1-9-12-15(17-8-19(3)16(12)23)24-13(9)14(22)18-11-4-6-20(7-5-11)10(2)21/h8,11H,4-7H2,1-3H3,(H,18,22). The van der Waals surface area contributed by atoms with Crippen LogP contribution in [0.1, 0.15) is 35.0 Å². The van der Waals surface area contributed by atoms with Gasteiger partial charge in [-0.2, -0.15) is 0 Å². The van der Waals surface area contributed by atoms with Gasteiger partial charge in [0.15, 0.2) is 0 Å². The number of piperidine rings is 1. The number of nitrogens with zero attached hydrogens (tertiary/aromatic N) is 3. The Bertz CT molecular complexity index is 862. The monoisotopic (exact) mass is 348 g/mol. The number of fused-ring (bicyclic) bond motifs is 1. The fourth-order valence-electron chi connectivity index (χ4n) is 3.02. The topological polar surface area (TPSA) is 84.3 Å². The summed E-state index contributed by atoms with van der Waals surface area (Å²) in [6, 6.07) is 0.0495. The Balaban J connectivity index is 1.78. The number of rotatable bonds is 2. The molecule has 0 atom stereocenters. The largest absolute Gasteiger partial charge is 0.348 e. The lowest BCUT2D eigenvalue weighted by Gasteiger charge is -2.31. The Morgan fingerprint density at radius 2 is 2.00 bits per heavy atom. The molecule has 7 nitrogen and oxygen atoms in total. The van der Waals surface area contributed by atoms with Crippen LogP contribution in [0.5, 0.6) is 0 Å². The molecule has 1 aliphatic heterocycles. The SMILES string of the molecule is CC(=O)N1CCC(NC(=O)c2sc3ncn(C)c(=O)c3c2C)CC1. The second kappa shape index (κ2) is 6.35. The summed E-state index contributed by atoms with van der Waals surface area (Å²) in [6.07, 6.45) is 2.96. The van der Waals surface area contributed by atoms with E-state index in [1.54, 1.807) is 25.8 Å². The zero-order valence-corrected chi connectivity index (χ0v) is 14.8. The molecule has 2 aromatic rings. The molecule has 24 heavy (non-hydrogen) atoms. The van der Waals surface area contributed by atoms with Crippen molar-refractivity contribution in [2.75, 3.05) is 13.1 Å². The lowest BCUT2D eigenvalue weighted by molar-refractivity contribution is -0.129. The van der Waals surface area contributed by atoms with Crippen LogP contribution in [0.4, 0.5) is 0 Å². The molecule has 0 saturated carbocycles. The quantitative estimate of drug-likeness (QED) is 0.879. The number of aromatic nitrogens is 2.